The molecule has 2 aromatic rings. The Morgan fingerprint density at radius 3 is 2.83 bits per heavy atom. The van der Waals surface area contributed by atoms with Crippen LogP contribution >= 0.6 is 27.3 Å². The van der Waals surface area contributed by atoms with Gasteiger partial charge in [0.1, 0.15) is 5.69 Å². The molecule has 1 N–H and O–H groups in total. The van der Waals surface area contributed by atoms with Crippen LogP contribution in [0.15, 0.2) is 34.1 Å². The van der Waals surface area contributed by atoms with E-state index in [0.29, 0.717) is 12.2 Å². The van der Waals surface area contributed by atoms with Crippen LogP contribution in [-0.2, 0) is 6.54 Å². The summed E-state index contributed by atoms with van der Waals surface area (Å²) < 4.78 is 0.818. The van der Waals surface area contributed by atoms with Crippen molar-refractivity contribution in [3.8, 4) is 0 Å². The number of benzene rings is 1. The normalized spacial score (nSPS) is 10.3. The quantitative estimate of drug-likeness (QED) is 0.671. The fourth-order valence-corrected chi connectivity index (χ4v) is 2.78. The van der Waals surface area contributed by atoms with Gasteiger partial charge in [-0.25, -0.2) is 0 Å². The summed E-state index contributed by atoms with van der Waals surface area (Å²) in [7, 11) is 0. The molecule has 0 aliphatic rings. The lowest BCUT2D eigenvalue weighted by Crippen LogP contribution is -2.02. The third-order valence-corrected chi connectivity index (χ3v) is 4.08. The molecule has 0 aliphatic carbocycles. The topological polar surface area (TPSA) is 55.2 Å². The second-order valence-corrected chi connectivity index (χ2v) is 5.72. The SMILES string of the molecule is Cc1ccsc1CNc1cc(Br)ccc1[N+](=O)[O-]. The van der Waals surface area contributed by atoms with E-state index in [9.17, 15) is 10.1 Å². The molecule has 94 valence electrons. The molecule has 0 atom stereocenters. The molecule has 0 saturated heterocycles. The van der Waals surface area contributed by atoms with E-state index in [-0.39, 0.29) is 10.6 Å². The van der Waals surface area contributed by atoms with Crippen molar-refractivity contribution in [3.05, 3.63) is 54.7 Å². The van der Waals surface area contributed by atoms with Crippen LogP contribution in [0.4, 0.5) is 11.4 Å². The average molecular weight is 327 g/mol. The largest absolute Gasteiger partial charge is 0.375 e. The number of nitrogens with zero attached hydrogens (tertiary/aromatic N) is 1. The monoisotopic (exact) mass is 326 g/mol. The standard InChI is InChI=1S/C12H11BrN2O2S/c1-8-4-5-18-12(8)7-14-10-6-9(13)2-3-11(10)15(16)17/h2-6,14H,7H2,1H3. The maximum Gasteiger partial charge on any atom is 0.292 e. The molecular weight excluding hydrogens is 316 g/mol. The number of thiophene rings is 1. The lowest BCUT2D eigenvalue weighted by Gasteiger charge is -2.07. The van der Waals surface area contributed by atoms with E-state index in [1.807, 2.05) is 18.4 Å². The number of rotatable bonds is 4. The third-order valence-electron chi connectivity index (χ3n) is 2.56. The summed E-state index contributed by atoms with van der Waals surface area (Å²) in [6, 6.07) is 6.92. The minimum absolute atomic E-state index is 0.0902. The summed E-state index contributed by atoms with van der Waals surface area (Å²) in [5.41, 5.74) is 1.82. The van der Waals surface area contributed by atoms with Gasteiger partial charge in [-0.2, -0.15) is 0 Å². The molecule has 1 heterocycles. The second kappa shape index (κ2) is 5.49. The van der Waals surface area contributed by atoms with Crippen molar-refractivity contribution in [2.24, 2.45) is 0 Å². The number of halogens is 1. The zero-order valence-electron chi connectivity index (χ0n) is 9.64. The molecule has 0 radical (unpaired) electrons. The Morgan fingerprint density at radius 2 is 2.22 bits per heavy atom. The Bertz CT molecular complexity index is 583. The number of nitrogens with one attached hydrogen (secondary N) is 1. The fourth-order valence-electron chi connectivity index (χ4n) is 1.57. The Labute approximate surface area is 117 Å². The van der Waals surface area contributed by atoms with Gasteiger partial charge in [0.15, 0.2) is 0 Å². The number of nitro groups is 1. The Morgan fingerprint density at radius 1 is 1.44 bits per heavy atom. The van der Waals surface area contributed by atoms with Crippen LogP contribution in [0, 0.1) is 17.0 Å². The smallest absolute Gasteiger partial charge is 0.292 e. The van der Waals surface area contributed by atoms with Gasteiger partial charge in [0, 0.05) is 22.0 Å². The predicted molar refractivity (Wildman–Crippen MR) is 77.2 cm³/mol. The van der Waals surface area contributed by atoms with Crippen molar-refractivity contribution >= 4 is 38.6 Å². The van der Waals surface area contributed by atoms with Crippen LogP contribution in [0.5, 0.6) is 0 Å². The molecule has 1 aromatic heterocycles. The van der Waals surface area contributed by atoms with Crippen molar-refractivity contribution in [2.75, 3.05) is 5.32 Å². The van der Waals surface area contributed by atoms with Gasteiger partial charge >= 0.3 is 0 Å². The molecule has 0 bridgehead atoms. The molecule has 6 heteroatoms. The number of hydrogen-bond acceptors (Lipinski definition) is 4. The minimum Gasteiger partial charge on any atom is -0.375 e. The van der Waals surface area contributed by atoms with Crippen molar-refractivity contribution in [3.63, 3.8) is 0 Å². The molecule has 0 fully saturated rings. The first kappa shape index (κ1) is 13.0. The zero-order chi connectivity index (χ0) is 13.1. The zero-order valence-corrected chi connectivity index (χ0v) is 12.0. The Kier molecular flexibility index (Phi) is 3.98. The predicted octanol–water partition coefficient (Wildman–Crippen LogP) is 4.34. The summed E-state index contributed by atoms with van der Waals surface area (Å²) in [5.74, 6) is 0. The van der Waals surface area contributed by atoms with E-state index < -0.39 is 0 Å². The maximum atomic E-state index is 10.9. The van der Waals surface area contributed by atoms with Crippen molar-refractivity contribution in [2.45, 2.75) is 13.5 Å². The molecule has 0 aliphatic heterocycles. The van der Waals surface area contributed by atoms with E-state index >= 15 is 0 Å². The number of nitro benzene ring substituents is 1. The second-order valence-electron chi connectivity index (χ2n) is 3.80. The van der Waals surface area contributed by atoms with Crippen molar-refractivity contribution in [1.29, 1.82) is 0 Å². The van der Waals surface area contributed by atoms with Crippen LogP contribution < -0.4 is 5.32 Å². The number of hydrogen-bond donors (Lipinski definition) is 1. The first-order valence-electron chi connectivity index (χ1n) is 5.28. The molecule has 1 aromatic carbocycles. The fraction of sp³-hybridized carbons (Fsp3) is 0.167. The number of aryl methyl sites for hydroxylation is 1. The summed E-state index contributed by atoms with van der Waals surface area (Å²) in [6.07, 6.45) is 0. The van der Waals surface area contributed by atoms with Gasteiger partial charge in [-0.05, 0) is 36.1 Å². The van der Waals surface area contributed by atoms with E-state index in [4.69, 9.17) is 0 Å². The summed E-state index contributed by atoms with van der Waals surface area (Å²) in [4.78, 5) is 11.7. The van der Waals surface area contributed by atoms with Gasteiger partial charge in [-0.3, -0.25) is 10.1 Å². The van der Waals surface area contributed by atoms with Crippen LogP contribution in [-0.4, -0.2) is 4.92 Å². The summed E-state index contributed by atoms with van der Waals surface area (Å²) in [6.45, 7) is 2.63. The summed E-state index contributed by atoms with van der Waals surface area (Å²) in [5, 5.41) is 16.0. The van der Waals surface area contributed by atoms with Crippen LogP contribution in [0.2, 0.25) is 0 Å². The highest BCUT2D eigenvalue weighted by Crippen LogP contribution is 2.29. The highest BCUT2D eigenvalue weighted by Gasteiger charge is 2.13. The van der Waals surface area contributed by atoms with Crippen LogP contribution in [0.3, 0.4) is 0 Å². The molecule has 0 spiro atoms. The molecule has 18 heavy (non-hydrogen) atoms. The van der Waals surface area contributed by atoms with E-state index in [1.165, 1.54) is 16.5 Å². The number of anilines is 1. The van der Waals surface area contributed by atoms with Gasteiger partial charge < -0.3 is 5.32 Å². The minimum atomic E-state index is -0.379. The third kappa shape index (κ3) is 2.88. The molecule has 2 rings (SSSR count). The molecular formula is C12H11BrN2O2S. The molecule has 0 saturated carbocycles. The molecule has 0 amide bonds. The van der Waals surface area contributed by atoms with Gasteiger partial charge in [0.05, 0.1) is 4.92 Å². The van der Waals surface area contributed by atoms with Crippen LogP contribution in [0.25, 0.3) is 0 Å². The lowest BCUT2D eigenvalue weighted by atomic mass is 10.2. The van der Waals surface area contributed by atoms with Crippen molar-refractivity contribution in [1.82, 2.24) is 0 Å². The van der Waals surface area contributed by atoms with Crippen molar-refractivity contribution < 1.29 is 4.92 Å². The molecule has 0 unspecified atom stereocenters. The first-order valence-corrected chi connectivity index (χ1v) is 6.96. The highest BCUT2D eigenvalue weighted by atomic mass is 79.9. The lowest BCUT2D eigenvalue weighted by molar-refractivity contribution is -0.384. The molecule has 4 nitrogen and oxygen atoms in total. The van der Waals surface area contributed by atoms with E-state index in [1.54, 1.807) is 23.5 Å². The van der Waals surface area contributed by atoms with Gasteiger partial charge in [0.25, 0.3) is 5.69 Å². The first-order chi connectivity index (χ1) is 8.58. The van der Waals surface area contributed by atoms with Gasteiger partial charge in [-0.15, -0.1) is 11.3 Å². The maximum absolute atomic E-state index is 10.9. The van der Waals surface area contributed by atoms with Crippen LogP contribution in [0.1, 0.15) is 10.4 Å². The Balaban J connectivity index is 2.20. The van der Waals surface area contributed by atoms with E-state index in [2.05, 4.69) is 21.2 Å². The highest BCUT2D eigenvalue weighted by molar-refractivity contribution is 9.10. The summed E-state index contributed by atoms with van der Waals surface area (Å²) >= 11 is 4.96. The average Bonchev–Trinajstić information content (AvgIpc) is 2.72. The van der Waals surface area contributed by atoms with Gasteiger partial charge in [-0.1, -0.05) is 15.9 Å². The van der Waals surface area contributed by atoms with Gasteiger partial charge in [0.2, 0.25) is 0 Å². The Hall–Kier alpha value is -1.40. The van der Waals surface area contributed by atoms with E-state index in [0.717, 1.165) is 4.47 Å².